The van der Waals surface area contributed by atoms with E-state index >= 15 is 0 Å². The van der Waals surface area contributed by atoms with Crippen LogP contribution >= 0.6 is 0 Å². The summed E-state index contributed by atoms with van der Waals surface area (Å²) in [5, 5.41) is 6.98. The van der Waals surface area contributed by atoms with Crippen LogP contribution in [0.4, 0.5) is 0 Å². The fourth-order valence-corrected chi connectivity index (χ4v) is 5.94. The lowest BCUT2D eigenvalue weighted by molar-refractivity contribution is 0.0283. The van der Waals surface area contributed by atoms with Gasteiger partial charge in [-0.2, -0.15) is 0 Å². The standard InChI is InChI=1S/C18H33N3O3S/c1-18(9-5-10-24-18)14-20-17(21-16-6-3-2-4-7-16)19-12-15-8-11-25(22,23)13-15/h15-16H,2-14H2,1H3,(H2,19,20,21). The van der Waals surface area contributed by atoms with Crippen molar-refractivity contribution in [3.63, 3.8) is 0 Å². The van der Waals surface area contributed by atoms with Crippen molar-refractivity contribution >= 4 is 15.8 Å². The molecule has 0 aromatic rings. The van der Waals surface area contributed by atoms with Crippen LogP contribution < -0.4 is 10.6 Å². The molecule has 2 aliphatic heterocycles. The molecule has 2 heterocycles. The van der Waals surface area contributed by atoms with Gasteiger partial charge in [-0.05, 0) is 44.9 Å². The molecule has 2 N–H and O–H groups in total. The van der Waals surface area contributed by atoms with E-state index < -0.39 is 9.84 Å². The second-order valence-corrected chi connectivity index (χ2v) is 10.4. The molecule has 2 atom stereocenters. The van der Waals surface area contributed by atoms with Crippen LogP contribution in [0, 0.1) is 5.92 Å². The first-order valence-electron chi connectivity index (χ1n) is 9.83. The van der Waals surface area contributed by atoms with Crippen LogP contribution in [0.3, 0.4) is 0 Å². The molecule has 7 heteroatoms. The van der Waals surface area contributed by atoms with Gasteiger partial charge in [0.15, 0.2) is 15.8 Å². The van der Waals surface area contributed by atoms with Crippen molar-refractivity contribution in [3.05, 3.63) is 0 Å². The van der Waals surface area contributed by atoms with Crippen molar-refractivity contribution in [1.82, 2.24) is 10.6 Å². The first-order chi connectivity index (χ1) is 11.9. The van der Waals surface area contributed by atoms with Gasteiger partial charge in [-0.1, -0.05) is 19.3 Å². The number of rotatable bonds is 5. The van der Waals surface area contributed by atoms with Gasteiger partial charge in [0.25, 0.3) is 0 Å². The zero-order valence-corrected chi connectivity index (χ0v) is 16.2. The van der Waals surface area contributed by atoms with Crippen molar-refractivity contribution in [2.24, 2.45) is 10.9 Å². The van der Waals surface area contributed by atoms with E-state index in [1.54, 1.807) is 0 Å². The molecular formula is C18H33N3O3S. The summed E-state index contributed by atoms with van der Waals surface area (Å²) in [5.41, 5.74) is -0.155. The summed E-state index contributed by atoms with van der Waals surface area (Å²) >= 11 is 0. The molecule has 0 amide bonds. The number of aliphatic imine (C=N–C) groups is 1. The van der Waals surface area contributed by atoms with E-state index in [-0.39, 0.29) is 11.5 Å². The molecule has 0 bridgehead atoms. The molecule has 1 saturated carbocycles. The van der Waals surface area contributed by atoms with Gasteiger partial charge in [-0.3, -0.25) is 4.99 Å². The van der Waals surface area contributed by atoms with E-state index in [2.05, 4.69) is 17.6 Å². The molecule has 2 unspecified atom stereocenters. The van der Waals surface area contributed by atoms with Gasteiger partial charge in [0, 0.05) is 19.2 Å². The summed E-state index contributed by atoms with van der Waals surface area (Å²) in [6.45, 7) is 4.28. The highest BCUT2D eigenvalue weighted by molar-refractivity contribution is 7.91. The van der Waals surface area contributed by atoms with Gasteiger partial charge < -0.3 is 15.4 Å². The molecule has 3 fully saturated rings. The number of guanidine groups is 1. The fourth-order valence-electron chi connectivity index (χ4n) is 4.07. The van der Waals surface area contributed by atoms with E-state index in [9.17, 15) is 8.42 Å². The smallest absolute Gasteiger partial charge is 0.191 e. The first kappa shape index (κ1) is 19.0. The third kappa shape index (κ3) is 5.84. The zero-order valence-electron chi connectivity index (χ0n) is 15.4. The Morgan fingerprint density at radius 3 is 2.64 bits per heavy atom. The van der Waals surface area contributed by atoms with Crippen LogP contribution in [0.5, 0.6) is 0 Å². The molecule has 2 saturated heterocycles. The maximum Gasteiger partial charge on any atom is 0.191 e. The molecule has 1 aliphatic carbocycles. The normalized spacial score (nSPS) is 33.5. The van der Waals surface area contributed by atoms with Crippen molar-refractivity contribution in [3.8, 4) is 0 Å². The highest BCUT2D eigenvalue weighted by Gasteiger charge is 2.30. The van der Waals surface area contributed by atoms with E-state index in [1.165, 1.54) is 32.1 Å². The highest BCUT2D eigenvalue weighted by Crippen LogP contribution is 2.25. The minimum absolute atomic E-state index is 0.155. The minimum Gasteiger partial charge on any atom is -0.373 e. The molecule has 144 valence electrons. The Bertz CT molecular complexity index is 564. The second-order valence-electron chi connectivity index (χ2n) is 8.20. The highest BCUT2D eigenvalue weighted by atomic mass is 32.2. The zero-order chi connectivity index (χ0) is 17.8. The Kier molecular flexibility index (Phi) is 6.25. The number of hydrogen-bond acceptors (Lipinski definition) is 4. The Morgan fingerprint density at radius 1 is 1.20 bits per heavy atom. The Balaban J connectivity index is 1.57. The third-order valence-corrected chi connectivity index (χ3v) is 7.54. The van der Waals surface area contributed by atoms with Crippen LogP contribution in [0.2, 0.25) is 0 Å². The Labute approximate surface area is 152 Å². The number of ether oxygens (including phenoxy) is 1. The van der Waals surface area contributed by atoms with Crippen LogP contribution in [-0.2, 0) is 14.6 Å². The fraction of sp³-hybridized carbons (Fsp3) is 0.944. The van der Waals surface area contributed by atoms with E-state index in [4.69, 9.17) is 9.73 Å². The molecule has 0 aromatic carbocycles. The molecule has 6 nitrogen and oxygen atoms in total. The largest absolute Gasteiger partial charge is 0.373 e. The predicted octanol–water partition coefficient (Wildman–Crippen LogP) is 1.86. The molecule has 25 heavy (non-hydrogen) atoms. The molecule has 0 radical (unpaired) electrons. The summed E-state index contributed by atoms with van der Waals surface area (Å²) in [7, 11) is -2.83. The Hall–Kier alpha value is -0.820. The van der Waals surface area contributed by atoms with E-state index in [1.807, 2.05) is 0 Å². The summed E-state index contributed by atoms with van der Waals surface area (Å²) in [6, 6.07) is 0.476. The summed E-state index contributed by atoms with van der Waals surface area (Å²) in [6.07, 6.45) is 9.15. The van der Waals surface area contributed by atoms with Crippen molar-refractivity contribution < 1.29 is 13.2 Å². The van der Waals surface area contributed by atoms with Crippen molar-refractivity contribution in [2.45, 2.75) is 69.9 Å². The van der Waals surface area contributed by atoms with Gasteiger partial charge in [0.2, 0.25) is 0 Å². The van der Waals surface area contributed by atoms with Gasteiger partial charge in [0.05, 0.1) is 23.7 Å². The van der Waals surface area contributed by atoms with Crippen LogP contribution in [-0.4, -0.2) is 57.2 Å². The van der Waals surface area contributed by atoms with E-state index in [0.29, 0.717) is 30.6 Å². The van der Waals surface area contributed by atoms with Crippen molar-refractivity contribution in [2.75, 3.05) is 31.2 Å². The second kappa shape index (κ2) is 8.25. The minimum atomic E-state index is -2.83. The molecule has 0 spiro atoms. The quantitative estimate of drug-likeness (QED) is 0.570. The monoisotopic (exact) mass is 371 g/mol. The number of nitrogens with one attached hydrogen (secondary N) is 2. The number of nitrogens with zero attached hydrogens (tertiary/aromatic N) is 1. The first-order valence-corrected chi connectivity index (χ1v) is 11.7. The summed E-state index contributed by atoms with van der Waals surface area (Å²) in [4.78, 5) is 4.79. The molecule has 0 aromatic heterocycles. The predicted molar refractivity (Wildman–Crippen MR) is 101 cm³/mol. The maximum atomic E-state index is 11.7. The SMILES string of the molecule is CC1(CN=C(NCC2CCS(=O)(=O)C2)NC2CCCCC2)CCCO1. The summed E-state index contributed by atoms with van der Waals surface area (Å²) < 4.78 is 29.2. The van der Waals surface area contributed by atoms with Gasteiger partial charge in [-0.25, -0.2) is 8.42 Å². The lowest BCUT2D eigenvalue weighted by atomic mass is 9.96. The van der Waals surface area contributed by atoms with Gasteiger partial charge >= 0.3 is 0 Å². The number of hydrogen-bond donors (Lipinski definition) is 2. The van der Waals surface area contributed by atoms with E-state index in [0.717, 1.165) is 31.8 Å². The van der Waals surface area contributed by atoms with Gasteiger partial charge in [-0.15, -0.1) is 0 Å². The van der Waals surface area contributed by atoms with Gasteiger partial charge in [0.1, 0.15) is 0 Å². The van der Waals surface area contributed by atoms with Crippen molar-refractivity contribution in [1.29, 1.82) is 0 Å². The lowest BCUT2D eigenvalue weighted by Crippen LogP contribution is -2.46. The lowest BCUT2D eigenvalue weighted by Gasteiger charge is -2.27. The van der Waals surface area contributed by atoms with Crippen LogP contribution in [0.15, 0.2) is 4.99 Å². The molecular weight excluding hydrogens is 338 g/mol. The maximum absolute atomic E-state index is 11.7. The Morgan fingerprint density at radius 2 is 2.00 bits per heavy atom. The molecule has 3 rings (SSSR count). The average Bonchev–Trinajstić information content (AvgIpc) is 3.17. The number of sulfone groups is 1. The average molecular weight is 372 g/mol. The van der Waals surface area contributed by atoms with Crippen LogP contribution in [0.25, 0.3) is 0 Å². The topological polar surface area (TPSA) is 79.8 Å². The summed E-state index contributed by atoms with van der Waals surface area (Å²) in [5.74, 6) is 1.65. The third-order valence-electron chi connectivity index (χ3n) is 5.70. The van der Waals surface area contributed by atoms with Crippen LogP contribution in [0.1, 0.15) is 58.3 Å². The molecule has 3 aliphatic rings.